The normalized spacial score (nSPS) is 30.5. The Balaban J connectivity index is 1.13. The monoisotopic (exact) mass is 606 g/mol. The zero-order valence-corrected chi connectivity index (χ0v) is 22.7. The maximum atomic E-state index is 13.3. The molecule has 20 nitrogen and oxygen atoms in total. The number of aliphatic hydroxyl groups excluding tert-OH is 2. The average Bonchev–Trinajstić information content (AvgIpc) is 3.81. The minimum atomic E-state index is -1.12. The first-order valence-corrected chi connectivity index (χ1v) is 13.8. The molecule has 0 saturated carbocycles. The standard InChI is InChI=1S/C24H26N14O6/c25-18-14-19(29-5-28-18)37(6-30-14)23-17(41)13-9-3-36(35-34-9)4-11-16(40)8(1-12(39)27-2-10(13)43-23)22(44-11)38-7-31-15-20(38)32-24(26)33-21(15)42/h3,5-8,10-11,13,16-17,22-23,40-41H,1-2,4H2,(H,27,39)(H2,25,28,29)(H3,26,32,33,42)/t8?,10-,11-,13?,16?,17?,22-,23-/m1/s1. The van der Waals surface area contributed by atoms with E-state index in [0.29, 0.717) is 16.9 Å². The molecule has 228 valence electrons. The summed E-state index contributed by atoms with van der Waals surface area (Å²) in [6.07, 6.45) is 0.0237. The van der Waals surface area contributed by atoms with E-state index < -0.39 is 60.2 Å². The Morgan fingerprint density at radius 2 is 1.70 bits per heavy atom. The summed E-state index contributed by atoms with van der Waals surface area (Å²) in [4.78, 5) is 48.9. The van der Waals surface area contributed by atoms with Crippen LogP contribution in [0.2, 0.25) is 0 Å². The number of aromatic amines is 1. The predicted molar refractivity (Wildman–Crippen MR) is 146 cm³/mol. The summed E-state index contributed by atoms with van der Waals surface area (Å²) in [6.45, 7) is 0.0819. The Kier molecular flexibility index (Phi) is 5.88. The van der Waals surface area contributed by atoms with Crippen LogP contribution in [0, 0.1) is 5.92 Å². The van der Waals surface area contributed by atoms with E-state index in [4.69, 9.17) is 20.9 Å². The lowest BCUT2D eigenvalue weighted by Gasteiger charge is -2.22. The number of hydrogen-bond donors (Lipinski definition) is 6. The molecule has 0 aliphatic carbocycles. The number of H-pyrrole nitrogens is 1. The van der Waals surface area contributed by atoms with Gasteiger partial charge in [-0.25, -0.2) is 24.6 Å². The highest BCUT2D eigenvalue weighted by atomic mass is 16.5. The summed E-state index contributed by atoms with van der Waals surface area (Å²) < 4.78 is 17.1. The van der Waals surface area contributed by atoms with Gasteiger partial charge in [-0.3, -0.25) is 23.7 Å². The molecule has 4 unspecified atom stereocenters. The summed E-state index contributed by atoms with van der Waals surface area (Å²) in [7, 11) is 0. The van der Waals surface area contributed by atoms with Crippen molar-refractivity contribution in [3.63, 3.8) is 0 Å². The lowest BCUT2D eigenvalue weighted by atomic mass is 9.94. The van der Waals surface area contributed by atoms with Crippen molar-refractivity contribution in [2.75, 3.05) is 18.0 Å². The van der Waals surface area contributed by atoms with Crippen LogP contribution >= 0.6 is 0 Å². The number of fused-ring (bicyclic) bond motifs is 8. The molecule has 0 spiro atoms. The van der Waals surface area contributed by atoms with Crippen molar-refractivity contribution in [1.82, 2.24) is 59.3 Å². The summed E-state index contributed by atoms with van der Waals surface area (Å²) >= 11 is 0. The van der Waals surface area contributed by atoms with Gasteiger partial charge in [0.25, 0.3) is 5.56 Å². The molecule has 0 radical (unpaired) electrons. The molecule has 2 fully saturated rings. The number of carbonyl (C=O) groups excluding carboxylic acids is 1. The van der Waals surface area contributed by atoms with Gasteiger partial charge in [-0.1, -0.05) is 5.21 Å². The molecule has 3 aliphatic rings. The maximum absolute atomic E-state index is 13.3. The Morgan fingerprint density at radius 1 is 0.932 bits per heavy atom. The van der Waals surface area contributed by atoms with E-state index in [1.54, 1.807) is 10.8 Å². The molecule has 0 aromatic carbocycles. The quantitative estimate of drug-likeness (QED) is 0.118. The van der Waals surface area contributed by atoms with Crippen LogP contribution < -0.4 is 22.3 Å². The SMILES string of the molecule is Nc1nc2c(ncn2[C@@H]2O[C@@H]3Cn4cc(nn4)C4C(O)[C@H](n5cnc6c(N)ncnc65)O[C@@H]4CNC(=O)CC2C3O)c(=O)[nH]1. The van der Waals surface area contributed by atoms with Gasteiger partial charge in [0.1, 0.15) is 30.3 Å². The van der Waals surface area contributed by atoms with Crippen LogP contribution in [0.25, 0.3) is 22.3 Å². The highest BCUT2D eigenvalue weighted by Gasteiger charge is 2.49. The summed E-state index contributed by atoms with van der Waals surface area (Å²) in [5.41, 5.74) is 12.5. The highest BCUT2D eigenvalue weighted by Crippen LogP contribution is 2.42. The van der Waals surface area contributed by atoms with Crippen molar-refractivity contribution in [2.24, 2.45) is 5.92 Å². The second-order valence-corrected chi connectivity index (χ2v) is 11.0. The molecule has 4 bridgehead atoms. The van der Waals surface area contributed by atoms with E-state index in [2.05, 4.69) is 45.5 Å². The highest BCUT2D eigenvalue weighted by molar-refractivity contribution is 5.81. The number of amides is 1. The van der Waals surface area contributed by atoms with Gasteiger partial charge in [-0.05, 0) is 0 Å². The van der Waals surface area contributed by atoms with Crippen molar-refractivity contribution in [1.29, 1.82) is 0 Å². The minimum absolute atomic E-state index is 0.00686. The average molecular weight is 607 g/mol. The first-order valence-electron chi connectivity index (χ1n) is 13.8. The van der Waals surface area contributed by atoms with Gasteiger partial charge in [0.2, 0.25) is 11.9 Å². The lowest BCUT2D eigenvalue weighted by molar-refractivity contribution is -0.124. The number of carbonyl (C=O) groups is 1. The van der Waals surface area contributed by atoms with Crippen molar-refractivity contribution >= 4 is 40.0 Å². The van der Waals surface area contributed by atoms with Gasteiger partial charge in [0.05, 0.1) is 43.0 Å². The van der Waals surface area contributed by atoms with E-state index in [0.717, 1.165) is 0 Å². The van der Waals surface area contributed by atoms with Crippen molar-refractivity contribution in [3.8, 4) is 0 Å². The zero-order chi connectivity index (χ0) is 30.3. The van der Waals surface area contributed by atoms with Crippen LogP contribution in [0.15, 0.2) is 30.0 Å². The van der Waals surface area contributed by atoms with Crippen molar-refractivity contribution in [2.45, 2.75) is 55.8 Å². The third kappa shape index (κ3) is 4.02. The van der Waals surface area contributed by atoms with Crippen LogP contribution in [0.3, 0.4) is 0 Å². The Morgan fingerprint density at radius 3 is 2.55 bits per heavy atom. The first-order chi connectivity index (χ1) is 21.3. The molecule has 1 amide bonds. The fourth-order valence-electron chi connectivity index (χ4n) is 6.39. The number of nitrogens with two attached hydrogens (primary N) is 2. The van der Waals surface area contributed by atoms with E-state index in [-0.39, 0.29) is 42.4 Å². The molecule has 44 heavy (non-hydrogen) atoms. The number of ether oxygens (including phenoxy) is 2. The number of rotatable bonds is 2. The van der Waals surface area contributed by atoms with Crippen molar-refractivity contribution in [3.05, 3.63) is 41.2 Å². The van der Waals surface area contributed by atoms with Gasteiger partial charge in [-0.15, -0.1) is 5.10 Å². The molecule has 5 aromatic heterocycles. The van der Waals surface area contributed by atoms with Crippen LogP contribution in [0.1, 0.15) is 30.5 Å². The van der Waals surface area contributed by atoms with Crippen LogP contribution in [0.5, 0.6) is 0 Å². The number of nitrogen functional groups attached to an aromatic ring is 2. The molecule has 20 heteroatoms. The third-order valence-electron chi connectivity index (χ3n) is 8.45. The molecule has 8 N–H and O–H groups in total. The smallest absolute Gasteiger partial charge is 0.280 e. The number of imidazole rings is 2. The Hall–Kier alpha value is -5.05. The Bertz CT molecular complexity index is 1970. The molecule has 8 heterocycles. The fraction of sp³-hybridized carbons (Fsp3) is 0.458. The van der Waals surface area contributed by atoms with Gasteiger partial charge < -0.3 is 36.5 Å². The van der Waals surface area contributed by atoms with Gasteiger partial charge in [0.15, 0.2) is 28.9 Å². The number of anilines is 2. The molecule has 2 saturated heterocycles. The molecular formula is C24H26N14O6. The van der Waals surface area contributed by atoms with E-state index in [1.807, 2.05) is 0 Å². The predicted octanol–water partition coefficient (Wildman–Crippen LogP) is -2.85. The van der Waals surface area contributed by atoms with Crippen molar-refractivity contribution < 1.29 is 24.5 Å². The van der Waals surface area contributed by atoms with E-state index >= 15 is 0 Å². The Labute approximate surface area is 245 Å². The molecule has 8 atom stereocenters. The van der Waals surface area contributed by atoms with Crippen LogP contribution in [-0.2, 0) is 20.8 Å². The van der Waals surface area contributed by atoms with Gasteiger partial charge in [0, 0.05) is 25.1 Å². The lowest BCUT2D eigenvalue weighted by Crippen LogP contribution is -2.38. The number of nitrogens with zero attached hydrogens (tertiary/aromatic N) is 10. The van der Waals surface area contributed by atoms with Gasteiger partial charge in [-0.2, -0.15) is 4.98 Å². The fourth-order valence-corrected chi connectivity index (χ4v) is 6.39. The topological polar surface area (TPSA) is 278 Å². The summed E-state index contributed by atoms with van der Waals surface area (Å²) in [5, 5.41) is 34.2. The van der Waals surface area contributed by atoms with Gasteiger partial charge >= 0.3 is 0 Å². The molecular weight excluding hydrogens is 580 g/mol. The molecule has 3 aliphatic heterocycles. The van der Waals surface area contributed by atoms with E-state index in [1.165, 1.54) is 28.2 Å². The molecule has 5 aromatic rings. The zero-order valence-electron chi connectivity index (χ0n) is 22.7. The maximum Gasteiger partial charge on any atom is 0.280 e. The third-order valence-corrected chi connectivity index (χ3v) is 8.45. The second-order valence-electron chi connectivity index (χ2n) is 11.0. The summed E-state index contributed by atoms with van der Waals surface area (Å²) in [6, 6.07) is 0. The largest absolute Gasteiger partial charge is 0.390 e. The second kappa shape index (κ2) is 9.74. The van der Waals surface area contributed by atoms with E-state index in [9.17, 15) is 19.8 Å². The van der Waals surface area contributed by atoms with Crippen LogP contribution in [0.4, 0.5) is 11.8 Å². The number of aliphatic hydroxyl groups is 2. The number of hydrogen-bond acceptors (Lipinski definition) is 15. The molecule has 8 rings (SSSR count). The van der Waals surface area contributed by atoms with Crippen LogP contribution in [-0.4, -0.2) is 101 Å². The summed E-state index contributed by atoms with van der Waals surface area (Å²) in [5.74, 6) is -1.77. The minimum Gasteiger partial charge on any atom is -0.390 e. The number of nitrogens with one attached hydrogen (secondary N) is 2. The first kappa shape index (κ1) is 26.6. The number of aromatic nitrogens is 11.